The highest BCUT2D eigenvalue weighted by Crippen LogP contribution is 2.27. The van der Waals surface area contributed by atoms with Crippen LogP contribution in [0.25, 0.3) is 10.9 Å². The number of hydrogen-bond donors (Lipinski definition) is 1. The van der Waals surface area contributed by atoms with Crippen molar-refractivity contribution in [1.82, 2.24) is 4.98 Å². The van der Waals surface area contributed by atoms with Crippen LogP contribution in [-0.4, -0.2) is 9.91 Å². The predicted molar refractivity (Wildman–Crippen MR) is 79.2 cm³/mol. The lowest BCUT2D eigenvalue weighted by atomic mass is 10.1. The van der Waals surface area contributed by atoms with Crippen LogP contribution in [0.2, 0.25) is 0 Å². The molecule has 0 unspecified atom stereocenters. The second kappa shape index (κ2) is 5.24. The number of fused-ring (bicyclic) bond motifs is 1. The molecule has 2 aromatic heterocycles. The summed E-state index contributed by atoms with van der Waals surface area (Å²) in [6.45, 7) is 2.40. The molecule has 0 amide bonds. The van der Waals surface area contributed by atoms with Crippen molar-refractivity contribution in [3.8, 4) is 0 Å². The van der Waals surface area contributed by atoms with E-state index in [1.54, 1.807) is 12.3 Å². The summed E-state index contributed by atoms with van der Waals surface area (Å²) >= 11 is 0. The van der Waals surface area contributed by atoms with Crippen molar-refractivity contribution < 1.29 is 9.34 Å². The first kappa shape index (κ1) is 13.1. The van der Waals surface area contributed by atoms with Crippen molar-refractivity contribution in [2.24, 2.45) is 0 Å². The van der Waals surface area contributed by atoms with Crippen LogP contribution in [0.1, 0.15) is 11.5 Å². The fourth-order valence-electron chi connectivity index (χ4n) is 2.20. The Hall–Kier alpha value is -2.89. The standard InChI is InChI=1S/C15H13N3O3/c1-10-7-15(16-9-12-3-2-6-21-12)13-8-11(18(19)20)4-5-14(13)17-10/h2-8H,9H2,1H3,(H,16,17). The molecule has 3 aromatic rings. The minimum absolute atomic E-state index is 0.0502. The number of pyridine rings is 1. The molecule has 0 radical (unpaired) electrons. The van der Waals surface area contributed by atoms with Crippen molar-refractivity contribution in [1.29, 1.82) is 0 Å². The van der Waals surface area contributed by atoms with Crippen LogP contribution in [0.15, 0.2) is 47.1 Å². The highest BCUT2D eigenvalue weighted by Gasteiger charge is 2.11. The summed E-state index contributed by atoms with van der Waals surface area (Å²) in [5.74, 6) is 0.794. The highest BCUT2D eigenvalue weighted by molar-refractivity contribution is 5.93. The maximum absolute atomic E-state index is 10.9. The van der Waals surface area contributed by atoms with Gasteiger partial charge in [-0.25, -0.2) is 0 Å². The molecule has 1 N–H and O–H groups in total. The lowest BCUT2D eigenvalue weighted by Gasteiger charge is -2.09. The normalized spacial score (nSPS) is 10.7. The average molecular weight is 283 g/mol. The van der Waals surface area contributed by atoms with Gasteiger partial charge in [0.2, 0.25) is 0 Å². The number of rotatable bonds is 4. The molecule has 0 aliphatic carbocycles. The summed E-state index contributed by atoms with van der Waals surface area (Å²) in [6, 6.07) is 10.2. The SMILES string of the molecule is Cc1cc(NCc2ccco2)c2cc([N+](=O)[O-])ccc2n1. The Kier molecular flexibility index (Phi) is 3.27. The van der Waals surface area contributed by atoms with Gasteiger partial charge in [0, 0.05) is 28.9 Å². The number of benzene rings is 1. The first-order valence-electron chi connectivity index (χ1n) is 6.45. The third-order valence-electron chi connectivity index (χ3n) is 3.16. The first-order chi connectivity index (χ1) is 10.1. The summed E-state index contributed by atoms with van der Waals surface area (Å²) in [5.41, 5.74) is 2.42. The van der Waals surface area contributed by atoms with E-state index in [0.29, 0.717) is 6.54 Å². The molecule has 3 rings (SSSR count). The Bertz CT molecular complexity index is 797. The van der Waals surface area contributed by atoms with Gasteiger partial charge in [0.05, 0.1) is 23.2 Å². The number of nitrogens with one attached hydrogen (secondary N) is 1. The van der Waals surface area contributed by atoms with E-state index in [1.807, 2.05) is 25.1 Å². The number of anilines is 1. The lowest BCUT2D eigenvalue weighted by molar-refractivity contribution is -0.384. The van der Waals surface area contributed by atoms with Crippen LogP contribution in [-0.2, 0) is 6.54 Å². The molecule has 21 heavy (non-hydrogen) atoms. The number of hydrogen-bond acceptors (Lipinski definition) is 5. The summed E-state index contributed by atoms with van der Waals surface area (Å²) in [4.78, 5) is 14.9. The molecule has 2 heterocycles. The Morgan fingerprint density at radius 3 is 2.90 bits per heavy atom. The minimum atomic E-state index is -0.407. The van der Waals surface area contributed by atoms with E-state index in [9.17, 15) is 10.1 Å². The first-order valence-corrected chi connectivity index (χ1v) is 6.45. The zero-order valence-electron chi connectivity index (χ0n) is 11.4. The van der Waals surface area contributed by atoms with Gasteiger partial charge in [-0.1, -0.05) is 0 Å². The number of aryl methyl sites for hydroxylation is 1. The Morgan fingerprint density at radius 1 is 1.33 bits per heavy atom. The van der Waals surface area contributed by atoms with Gasteiger partial charge in [0.15, 0.2) is 0 Å². The number of nitro benzene ring substituents is 1. The van der Waals surface area contributed by atoms with Crippen molar-refractivity contribution in [2.45, 2.75) is 13.5 Å². The third-order valence-corrected chi connectivity index (χ3v) is 3.16. The molecule has 0 aliphatic rings. The van der Waals surface area contributed by atoms with E-state index in [2.05, 4.69) is 10.3 Å². The van der Waals surface area contributed by atoms with Crippen molar-refractivity contribution in [3.05, 3.63) is 64.2 Å². The lowest BCUT2D eigenvalue weighted by Crippen LogP contribution is -2.01. The van der Waals surface area contributed by atoms with E-state index in [1.165, 1.54) is 12.1 Å². The molecule has 0 atom stereocenters. The molecule has 1 aromatic carbocycles. The largest absolute Gasteiger partial charge is 0.467 e. The quantitative estimate of drug-likeness (QED) is 0.583. The van der Waals surface area contributed by atoms with E-state index in [0.717, 1.165) is 28.0 Å². The van der Waals surface area contributed by atoms with Crippen LogP contribution in [0.4, 0.5) is 11.4 Å². The predicted octanol–water partition coefficient (Wildman–Crippen LogP) is 3.66. The summed E-state index contributed by atoms with van der Waals surface area (Å²) in [6.07, 6.45) is 1.61. The molecule has 0 bridgehead atoms. The topological polar surface area (TPSA) is 81.2 Å². The second-order valence-electron chi connectivity index (χ2n) is 4.70. The maximum atomic E-state index is 10.9. The molecule has 6 heteroatoms. The molecule has 0 fully saturated rings. The van der Waals surface area contributed by atoms with E-state index in [4.69, 9.17) is 4.42 Å². The van der Waals surface area contributed by atoms with E-state index >= 15 is 0 Å². The van der Waals surface area contributed by atoms with E-state index < -0.39 is 4.92 Å². The highest BCUT2D eigenvalue weighted by atomic mass is 16.6. The monoisotopic (exact) mass is 283 g/mol. The number of furan rings is 1. The van der Waals surface area contributed by atoms with Crippen LogP contribution in [0.3, 0.4) is 0 Å². The van der Waals surface area contributed by atoms with Crippen molar-refractivity contribution >= 4 is 22.3 Å². The summed E-state index contributed by atoms with van der Waals surface area (Å²) in [5, 5.41) is 14.9. The molecular formula is C15H13N3O3. The maximum Gasteiger partial charge on any atom is 0.270 e. The van der Waals surface area contributed by atoms with Crippen LogP contribution < -0.4 is 5.32 Å². The van der Waals surface area contributed by atoms with Crippen molar-refractivity contribution in [3.63, 3.8) is 0 Å². The number of non-ortho nitro benzene ring substituents is 1. The Morgan fingerprint density at radius 2 is 2.19 bits per heavy atom. The fraction of sp³-hybridized carbons (Fsp3) is 0.133. The average Bonchev–Trinajstić information content (AvgIpc) is 2.97. The van der Waals surface area contributed by atoms with Crippen molar-refractivity contribution in [2.75, 3.05) is 5.32 Å². The third kappa shape index (κ3) is 2.69. The smallest absolute Gasteiger partial charge is 0.270 e. The zero-order valence-corrected chi connectivity index (χ0v) is 11.4. The molecule has 0 saturated heterocycles. The summed E-state index contributed by atoms with van der Waals surface area (Å²) in [7, 11) is 0. The van der Waals surface area contributed by atoms with Gasteiger partial charge in [-0.2, -0.15) is 0 Å². The molecule has 0 aliphatic heterocycles. The van der Waals surface area contributed by atoms with Gasteiger partial charge in [-0.15, -0.1) is 0 Å². The molecule has 106 valence electrons. The van der Waals surface area contributed by atoms with Gasteiger partial charge >= 0.3 is 0 Å². The van der Waals surface area contributed by atoms with Gasteiger partial charge in [-0.05, 0) is 31.2 Å². The van der Waals surface area contributed by atoms with Gasteiger partial charge in [-0.3, -0.25) is 15.1 Å². The molecular weight excluding hydrogens is 270 g/mol. The number of nitrogens with zero attached hydrogens (tertiary/aromatic N) is 2. The zero-order chi connectivity index (χ0) is 14.8. The summed E-state index contributed by atoms with van der Waals surface area (Å²) < 4.78 is 5.27. The number of aromatic nitrogens is 1. The van der Waals surface area contributed by atoms with Gasteiger partial charge in [0.25, 0.3) is 5.69 Å². The Labute approximate surface area is 120 Å². The number of nitro groups is 1. The van der Waals surface area contributed by atoms with Gasteiger partial charge < -0.3 is 9.73 Å². The molecule has 0 saturated carbocycles. The van der Waals surface area contributed by atoms with Gasteiger partial charge in [0.1, 0.15) is 5.76 Å². The fourth-order valence-corrected chi connectivity index (χ4v) is 2.20. The van der Waals surface area contributed by atoms with Crippen LogP contribution in [0.5, 0.6) is 0 Å². The Balaban J connectivity index is 2.02. The minimum Gasteiger partial charge on any atom is -0.467 e. The van der Waals surface area contributed by atoms with Crippen LogP contribution >= 0.6 is 0 Å². The molecule has 6 nitrogen and oxygen atoms in total. The second-order valence-corrected chi connectivity index (χ2v) is 4.70. The van der Waals surface area contributed by atoms with Crippen LogP contribution in [0, 0.1) is 17.0 Å². The molecule has 0 spiro atoms. The van der Waals surface area contributed by atoms with E-state index in [-0.39, 0.29) is 5.69 Å².